The van der Waals surface area contributed by atoms with Crippen LogP contribution >= 0.6 is 0 Å². The van der Waals surface area contributed by atoms with Crippen LogP contribution in [-0.4, -0.2) is 53.5 Å². The van der Waals surface area contributed by atoms with E-state index in [0.29, 0.717) is 18.5 Å². The van der Waals surface area contributed by atoms with Gasteiger partial charge in [0.15, 0.2) is 0 Å². The number of amides is 2. The highest BCUT2D eigenvalue weighted by molar-refractivity contribution is 6.01. The monoisotopic (exact) mass is 377 g/mol. The van der Waals surface area contributed by atoms with Gasteiger partial charge in [0, 0.05) is 37.2 Å². The van der Waals surface area contributed by atoms with Gasteiger partial charge in [-0.3, -0.25) is 24.6 Å². The van der Waals surface area contributed by atoms with Crippen molar-refractivity contribution in [1.29, 1.82) is 0 Å². The number of imide groups is 1. The van der Waals surface area contributed by atoms with Crippen LogP contribution in [0.5, 0.6) is 0 Å². The third-order valence-corrected chi connectivity index (χ3v) is 5.52. The summed E-state index contributed by atoms with van der Waals surface area (Å²) in [5, 5.41) is 12.2. The molecule has 1 aromatic rings. The van der Waals surface area contributed by atoms with Gasteiger partial charge >= 0.3 is 0 Å². The molecular weight excluding hydrogens is 353 g/mol. The second-order valence-electron chi connectivity index (χ2n) is 7.23. The topological polar surface area (TPSA) is 98.7 Å². The van der Waals surface area contributed by atoms with Crippen molar-refractivity contribution in [1.82, 2.24) is 10.2 Å². The second-order valence-corrected chi connectivity index (χ2v) is 7.23. The van der Waals surface area contributed by atoms with Crippen LogP contribution in [0.1, 0.15) is 43.6 Å². The Balaban J connectivity index is 0.000000659. The van der Waals surface area contributed by atoms with Gasteiger partial charge in [0.2, 0.25) is 11.8 Å². The van der Waals surface area contributed by atoms with Gasteiger partial charge in [0.1, 0.15) is 11.9 Å². The number of likely N-dealkylation sites (tertiary alicyclic amines) is 1. The molecule has 3 aliphatic rings. The van der Waals surface area contributed by atoms with Gasteiger partial charge in [0.05, 0.1) is 0 Å². The molecule has 3 N–H and O–H groups in total. The fourth-order valence-electron chi connectivity index (χ4n) is 3.74. The van der Waals surface area contributed by atoms with Gasteiger partial charge < -0.3 is 10.4 Å². The molecule has 4 rings (SSSR count). The Hall–Kier alpha value is -2.48. The van der Waals surface area contributed by atoms with Crippen molar-refractivity contribution < 1.29 is 23.9 Å². The Bertz CT molecular complexity index is 717. The number of carboxylic acid groups (broad SMARTS) is 1. The zero-order valence-electron chi connectivity index (χ0n) is 15.0. The van der Waals surface area contributed by atoms with E-state index < -0.39 is 6.04 Å². The standard InChI is InChI=1S/C18H22FN3O2.CH2O2/c19-15-8-12(20-16-6-7-17(23)21-18(16)24)4-5-14(15)11-9-22(10-11)13-2-1-3-13;2-1-3/h4-5,8,11,13,16,20H,1-3,6-7,9-10H2,(H,21,23,24);1H,(H,2,3). The first-order valence-corrected chi connectivity index (χ1v) is 9.23. The molecule has 3 fully saturated rings. The molecule has 1 unspecified atom stereocenters. The molecule has 146 valence electrons. The van der Waals surface area contributed by atoms with E-state index in [4.69, 9.17) is 9.90 Å². The molecule has 0 spiro atoms. The molecule has 2 saturated heterocycles. The fourth-order valence-corrected chi connectivity index (χ4v) is 3.74. The number of hydrogen-bond acceptors (Lipinski definition) is 5. The summed E-state index contributed by atoms with van der Waals surface area (Å²) in [6.45, 7) is 1.64. The number of piperidine rings is 1. The zero-order chi connectivity index (χ0) is 19.4. The van der Waals surface area contributed by atoms with Gasteiger partial charge in [-0.05, 0) is 37.0 Å². The van der Waals surface area contributed by atoms with Gasteiger partial charge in [0.25, 0.3) is 6.47 Å². The van der Waals surface area contributed by atoms with E-state index in [1.165, 1.54) is 25.3 Å². The summed E-state index contributed by atoms with van der Waals surface area (Å²) in [6, 6.07) is 5.36. The minimum absolute atomic E-state index is 0.217. The Morgan fingerprint density at radius 2 is 1.93 bits per heavy atom. The number of benzene rings is 1. The van der Waals surface area contributed by atoms with Crippen molar-refractivity contribution in [3.05, 3.63) is 29.6 Å². The zero-order valence-corrected chi connectivity index (χ0v) is 15.0. The lowest BCUT2D eigenvalue weighted by Crippen LogP contribution is -2.53. The number of hydrogen-bond donors (Lipinski definition) is 3. The number of nitrogens with one attached hydrogen (secondary N) is 2. The lowest BCUT2D eigenvalue weighted by molar-refractivity contribution is -0.133. The third-order valence-electron chi connectivity index (χ3n) is 5.52. The molecule has 2 amide bonds. The average molecular weight is 377 g/mol. The van der Waals surface area contributed by atoms with Gasteiger partial charge in [-0.1, -0.05) is 12.5 Å². The van der Waals surface area contributed by atoms with Gasteiger partial charge in [-0.2, -0.15) is 0 Å². The van der Waals surface area contributed by atoms with Crippen LogP contribution in [-0.2, 0) is 14.4 Å². The number of anilines is 1. The van der Waals surface area contributed by atoms with Crippen LogP contribution in [0.3, 0.4) is 0 Å². The Morgan fingerprint density at radius 1 is 1.22 bits per heavy atom. The first-order chi connectivity index (χ1) is 13.0. The molecular formula is C19H24FN3O4. The maximum absolute atomic E-state index is 14.4. The van der Waals surface area contributed by atoms with E-state index in [1.807, 2.05) is 12.1 Å². The summed E-state index contributed by atoms with van der Waals surface area (Å²) in [6.07, 6.45) is 4.63. The van der Waals surface area contributed by atoms with Crippen molar-refractivity contribution >= 4 is 24.0 Å². The Morgan fingerprint density at radius 3 is 2.48 bits per heavy atom. The molecule has 1 aliphatic carbocycles. The number of carbonyl (C=O) groups is 3. The third kappa shape index (κ3) is 4.44. The number of halogens is 1. The first kappa shape index (κ1) is 19.3. The van der Waals surface area contributed by atoms with Crippen LogP contribution in [0.4, 0.5) is 10.1 Å². The van der Waals surface area contributed by atoms with Crippen molar-refractivity contribution in [2.45, 2.75) is 50.1 Å². The second kappa shape index (κ2) is 8.47. The maximum Gasteiger partial charge on any atom is 0.290 e. The number of carbonyl (C=O) groups excluding carboxylic acids is 2. The van der Waals surface area contributed by atoms with Crippen molar-refractivity contribution in [2.24, 2.45) is 0 Å². The van der Waals surface area contributed by atoms with Gasteiger partial charge in [-0.15, -0.1) is 0 Å². The van der Waals surface area contributed by atoms with E-state index in [-0.39, 0.29) is 30.0 Å². The molecule has 0 aromatic heterocycles. The summed E-state index contributed by atoms with van der Waals surface area (Å²) in [5.41, 5.74) is 1.35. The minimum atomic E-state index is -0.481. The van der Waals surface area contributed by atoms with Crippen LogP contribution in [0.2, 0.25) is 0 Å². The predicted molar refractivity (Wildman–Crippen MR) is 96.8 cm³/mol. The molecule has 1 saturated carbocycles. The van der Waals surface area contributed by atoms with Crippen molar-refractivity contribution in [3.8, 4) is 0 Å². The van der Waals surface area contributed by atoms with E-state index in [9.17, 15) is 14.0 Å². The fraction of sp³-hybridized carbons (Fsp3) is 0.526. The lowest BCUT2D eigenvalue weighted by atomic mass is 9.83. The average Bonchev–Trinajstić information content (AvgIpc) is 2.53. The molecule has 0 radical (unpaired) electrons. The number of nitrogens with zero attached hydrogens (tertiary/aromatic N) is 1. The van der Waals surface area contributed by atoms with Crippen LogP contribution < -0.4 is 10.6 Å². The van der Waals surface area contributed by atoms with Crippen LogP contribution in [0, 0.1) is 5.82 Å². The quantitative estimate of drug-likeness (QED) is 0.546. The minimum Gasteiger partial charge on any atom is -0.483 e. The van der Waals surface area contributed by atoms with Gasteiger partial charge in [-0.25, -0.2) is 4.39 Å². The summed E-state index contributed by atoms with van der Waals surface area (Å²) >= 11 is 0. The SMILES string of the molecule is O=C1CCC(Nc2ccc(C3CN(C4CCC4)C3)c(F)c2)C(=O)N1.O=CO. The van der Waals surface area contributed by atoms with Crippen LogP contribution in [0.25, 0.3) is 0 Å². The predicted octanol–water partition coefficient (Wildman–Crippen LogP) is 1.70. The first-order valence-electron chi connectivity index (χ1n) is 9.23. The summed E-state index contributed by atoms with van der Waals surface area (Å²) < 4.78 is 14.4. The summed E-state index contributed by atoms with van der Waals surface area (Å²) in [5.74, 6) is -0.535. The smallest absolute Gasteiger partial charge is 0.290 e. The molecule has 27 heavy (non-hydrogen) atoms. The molecule has 2 aliphatic heterocycles. The molecule has 2 heterocycles. The van der Waals surface area contributed by atoms with E-state index in [2.05, 4.69) is 15.5 Å². The van der Waals surface area contributed by atoms with Crippen molar-refractivity contribution in [3.63, 3.8) is 0 Å². The van der Waals surface area contributed by atoms with E-state index >= 15 is 0 Å². The Kier molecular flexibility index (Phi) is 6.05. The molecule has 0 bridgehead atoms. The number of rotatable bonds is 4. The molecule has 1 aromatic carbocycles. The highest BCUT2D eigenvalue weighted by Gasteiger charge is 2.36. The highest BCUT2D eigenvalue weighted by Crippen LogP contribution is 2.36. The Labute approximate surface area is 156 Å². The maximum atomic E-state index is 14.4. The molecule has 8 heteroatoms. The largest absolute Gasteiger partial charge is 0.483 e. The normalized spacial score (nSPS) is 23.4. The van der Waals surface area contributed by atoms with E-state index in [0.717, 1.165) is 24.7 Å². The summed E-state index contributed by atoms with van der Waals surface area (Å²) in [4.78, 5) is 33.7. The van der Waals surface area contributed by atoms with Crippen molar-refractivity contribution in [2.75, 3.05) is 18.4 Å². The lowest BCUT2D eigenvalue weighted by Gasteiger charge is -2.48. The molecule has 1 atom stereocenters. The highest BCUT2D eigenvalue weighted by atomic mass is 19.1. The van der Waals surface area contributed by atoms with Crippen LogP contribution in [0.15, 0.2) is 18.2 Å². The summed E-state index contributed by atoms with van der Waals surface area (Å²) in [7, 11) is 0. The van der Waals surface area contributed by atoms with E-state index in [1.54, 1.807) is 0 Å². The molecule has 7 nitrogen and oxygen atoms in total.